The van der Waals surface area contributed by atoms with Crippen LogP contribution in [0.4, 0.5) is 16.2 Å². The van der Waals surface area contributed by atoms with Crippen molar-refractivity contribution in [3.8, 4) is 0 Å². The molecule has 1 aliphatic rings. The highest BCUT2D eigenvalue weighted by Crippen LogP contribution is 2.45. The lowest BCUT2D eigenvalue weighted by Gasteiger charge is -2.36. The van der Waals surface area contributed by atoms with Gasteiger partial charge in [0.1, 0.15) is 5.54 Å². The number of rotatable bonds is 3. The van der Waals surface area contributed by atoms with E-state index in [1.807, 2.05) is 38.1 Å². The molecule has 1 saturated heterocycles. The first kappa shape index (κ1) is 19.8. The normalized spacial score (nSPS) is 21.7. The summed E-state index contributed by atoms with van der Waals surface area (Å²) in [7, 11) is 0. The number of anilines is 2. The van der Waals surface area contributed by atoms with Crippen molar-refractivity contribution in [2.45, 2.75) is 25.6 Å². The van der Waals surface area contributed by atoms with Crippen LogP contribution in [0.2, 0.25) is 10.0 Å². The Labute approximate surface area is 179 Å². The van der Waals surface area contributed by atoms with Crippen LogP contribution in [-0.4, -0.2) is 17.4 Å². The summed E-state index contributed by atoms with van der Waals surface area (Å²) in [4.78, 5) is 16.6. The van der Waals surface area contributed by atoms with Crippen LogP contribution in [0.15, 0.2) is 72.8 Å². The van der Waals surface area contributed by atoms with Gasteiger partial charge >= 0.3 is 6.03 Å². The first-order chi connectivity index (χ1) is 13.8. The van der Waals surface area contributed by atoms with E-state index in [-0.39, 0.29) is 6.03 Å². The maximum Gasteiger partial charge on any atom is 0.332 e. The fourth-order valence-corrected chi connectivity index (χ4v) is 4.09. The second-order valence-corrected chi connectivity index (χ2v) is 8.20. The smallest absolute Gasteiger partial charge is 0.332 e. The summed E-state index contributed by atoms with van der Waals surface area (Å²) in [5.74, 6) is 0. The molecule has 0 spiro atoms. The molecule has 4 rings (SSSR count). The zero-order valence-electron chi connectivity index (χ0n) is 16.0. The number of urea groups is 1. The van der Waals surface area contributed by atoms with Crippen LogP contribution in [0.3, 0.4) is 0 Å². The van der Waals surface area contributed by atoms with Crippen LogP contribution in [0.5, 0.6) is 0 Å². The highest BCUT2D eigenvalue weighted by atomic mass is 35.5. The average Bonchev–Trinajstić information content (AvgIpc) is 2.90. The van der Waals surface area contributed by atoms with Crippen molar-refractivity contribution in [1.82, 2.24) is 0 Å². The van der Waals surface area contributed by atoms with Crippen LogP contribution in [0.1, 0.15) is 18.1 Å². The van der Waals surface area contributed by atoms with E-state index in [9.17, 15) is 9.90 Å². The summed E-state index contributed by atoms with van der Waals surface area (Å²) in [5, 5.41) is 12.6. The molecule has 1 aliphatic heterocycles. The lowest BCUT2D eigenvalue weighted by Crippen LogP contribution is -2.47. The Morgan fingerprint density at radius 3 is 2.00 bits per heavy atom. The predicted molar refractivity (Wildman–Crippen MR) is 118 cm³/mol. The van der Waals surface area contributed by atoms with Gasteiger partial charge in [0.25, 0.3) is 0 Å². The molecule has 0 saturated carbocycles. The minimum atomic E-state index is -1.12. The number of aliphatic hydroxyl groups excluding tert-OH is 1. The largest absolute Gasteiger partial charge is 0.370 e. The number of hydrogen-bond acceptors (Lipinski definition) is 2. The van der Waals surface area contributed by atoms with Crippen molar-refractivity contribution in [2.24, 2.45) is 0 Å². The molecule has 3 aromatic carbocycles. The van der Waals surface area contributed by atoms with E-state index in [4.69, 9.17) is 23.2 Å². The van der Waals surface area contributed by atoms with Crippen molar-refractivity contribution in [3.05, 3.63) is 94.0 Å². The molecule has 3 aromatic rings. The van der Waals surface area contributed by atoms with E-state index < -0.39 is 11.8 Å². The molecule has 0 aliphatic carbocycles. The summed E-state index contributed by atoms with van der Waals surface area (Å²) in [6, 6.07) is 21.4. The molecule has 29 heavy (non-hydrogen) atoms. The Bertz CT molecular complexity index is 1050. The molecule has 148 valence electrons. The SMILES string of the molecule is Cc1cccc([C@]2(C)C(O)N(c3ccc(Cl)cc3)C(=O)N2c2ccc(Cl)cc2)c1. The molecule has 1 N–H and O–H groups in total. The second kappa shape index (κ2) is 7.38. The number of hydrogen-bond donors (Lipinski definition) is 1. The summed E-state index contributed by atoms with van der Waals surface area (Å²) in [5.41, 5.74) is 2.09. The van der Waals surface area contributed by atoms with E-state index >= 15 is 0 Å². The maximum absolute atomic E-state index is 13.6. The molecular formula is C23H20Cl2N2O2. The number of carbonyl (C=O) groups is 1. The molecular weight excluding hydrogens is 407 g/mol. The third kappa shape index (κ3) is 3.27. The van der Waals surface area contributed by atoms with Crippen LogP contribution in [0.25, 0.3) is 0 Å². The number of halogens is 2. The second-order valence-electron chi connectivity index (χ2n) is 7.33. The molecule has 1 fully saturated rings. The molecule has 0 bridgehead atoms. The number of aryl methyl sites for hydroxylation is 1. The molecule has 0 aromatic heterocycles. The number of carbonyl (C=O) groups excluding carboxylic acids is 1. The Hall–Kier alpha value is -2.53. The maximum atomic E-state index is 13.6. The molecule has 1 unspecified atom stereocenters. The van der Waals surface area contributed by atoms with Gasteiger partial charge in [-0.3, -0.25) is 9.80 Å². The minimum Gasteiger partial charge on any atom is -0.370 e. The van der Waals surface area contributed by atoms with Gasteiger partial charge in [0.05, 0.1) is 0 Å². The van der Waals surface area contributed by atoms with Crippen molar-refractivity contribution >= 4 is 40.6 Å². The van der Waals surface area contributed by atoms with E-state index in [1.54, 1.807) is 53.4 Å². The Kier molecular flexibility index (Phi) is 5.03. The van der Waals surface area contributed by atoms with Gasteiger partial charge in [-0.25, -0.2) is 4.79 Å². The fraction of sp³-hybridized carbons (Fsp3) is 0.174. The molecule has 1 heterocycles. The van der Waals surface area contributed by atoms with E-state index in [1.165, 1.54) is 4.90 Å². The first-order valence-electron chi connectivity index (χ1n) is 9.22. The van der Waals surface area contributed by atoms with Crippen LogP contribution < -0.4 is 9.80 Å². The van der Waals surface area contributed by atoms with Gasteiger partial charge in [-0.1, -0.05) is 53.0 Å². The number of aliphatic hydroxyl groups is 1. The van der Waals surface area contributed by atoms with Gasteiger partial charge in [0.2, 0.25) is 0 Å². The number of benzene rings is 3. The Balaban J connectivity index is 1.90. The van der Waals surface area contributed by atoms with E-state index in [0.717, 1.165) is 11.1 Å². The monoisotopic (exact) mass is 426 g/mol. The molecule has 2 amide bonds. The van der Waals surface area contributed by atoms with Crippen molar-refractivity contribution in [2.75, 3.05) is 9.80 Å². The molecule has 2 atom stereocenters. The number of nitrogens with zero attached hydrogens (tertiary/aromatic N) is 2. The van der Waals surface area contributed by atoms with Crippen LogP contribution in [-0.2, 0) is 5.54 Å². The quantitative estimate of drug-likeness (QED) is 0.559. The molecule has 0 radical (unpaired) electrons. The van der Waals surface area contributed by atoms with Crippen LogP contribution >= 0.6 is 23.2 Å². The minimum absolute atomic E-state index is 0.328. The summed E-state index contributed by atoms with van der Waals surface area (Å²) >= 11 is 12.1. The third-order valence-electron chi connectivity index (χ3n) is 5.40. The van der Waals surface area contributed by atoms with Crippen molar-refractivity contribution in [3.63, 3.8) is 0 Å². The highest BCUT2D eigenvalue weighted by Gasteiger charge is 2.56. The van der Waals surface area contributed by atoms with E-state index in [2.05, 4.69) is 0 Å². The summed E-state index contributed by atoms with van der Waals surface area (Å²) in [6.07, 6.45) is -1.12. The van der Waals surface area contributed by atoms with Gasteiger partial charge in [-0.15, -0.1) is 0 Å². The van der Waals surface area contributed by atoms with Gasteiger partial charge < -0.3 is 5.11 Å². The van der Waals surface area contributed by atoms with Gasteiger partial charge in [-0.05, 0) is 67.9 Å². The highest BCUT2D eigenvalue weighted by molar-refractivity contribution is 6.31. The predicted octanol–water partition coefficient (Wildman–Crippen LogP) is 5.98. The van der Waals surface area contributed by atoms with Gasteiger partial charge in [0.15, 0.2) is 6.23 Å². The number of amides is 2. The Morgan fingerprint density at radius 2 is 1.45 bits per heavy atom. The standard InChI is InChI=1S/C23H20Cl2N2O2/c1-15-4-3-5-16(14-15)23(2)21(28)26(19-10-6-17(24)7-11-19)22(29)27(23)20-12-8-18(25)9-13-20/h3-14,21,28H,1-2H3/t21?,23-/m1/s1. The lowest BCUT2D eigenvalue weighted by molar-refractivity contribution is 0.119. The lowest BCUT2D eigenvalue weighted by atomic mass is 9.88. The summed E-state index contributed by atoms with van der Waals surface area (Å²) in [6.45, 7) is 3.86. The average molecular weight is 427 g/mol. The van der Waals surface area contributed by atoms with Crippen molar-refractivity contribution < 1.29 is 9.90 Å². The molecule has 4 nitrogen and oxygen atoms in total. The van der Waals surface area contributed by atoms with Crippen LogP contribution in [0, 0.1) is 6.92 Å². The fourth-order valence-electron chi connectivity index (χ4n) is 3.84. The van der Waals surface area contributed by atoms with E-state index in [0.29, 0.717) is 21.4 Å². The summed E-state index contributed by atoms with van der Waals surface area (Å²) < 4.78 is 0. The zero-order chi connectivity index (χ0) is 20.8. The topological polar surface area (TPSA) is 43.8 Å². The van der Waals surface area contributed by atoms with Crippen molar-refractivity contribution in [1.29, 1.82) is 0 Å². The third-order valence-corrected chi connectivity index (χ3v) is 5.91. The van der Waals surface area contributed by atoms with Gasteiger partial charge in [-0.2, -0.15) is 0 Å². The first-order valence-corrected chi connectivity index (χ1v) is 9.98. The Morgan fingerprint density at radius 1 is 0.897 bits per heavy atom. The molecule has 6 heteroatoms. The zero-order valence-corrected chi connectivity index (χ0v) is 17.5. The van der Waals surface area contributed by atoms with Gasteiger partial charge in [0, 0.05) is 21.4 Å².